The first-order valence-electron chi connectivity index (χ1n) is 9.41. The first-order chi connectivity index (χ1) is 13.0. The van der Waals surface area contributed by atoms with Crippen molar-refractivity contribution in [3.8, 4) is 0 Å². The maximum atomic E-state index is 13.8. The highest BCUT2D eigenvalue weighted by molar-refractivity contribution is 6.30. The van der Waals surface area contributed by atoms with E-state index in [1.54, 1.807) is 0 Å². The van der Waals surface area contributed by atoms with Gasteiger partial charge in [0.1, 0.15) is 17.9 Å². The molecule has 1 aromatic rings. The van der Waals surface area contributed by atoms with Crippen molar-refractivity contribution in [2.24, 2.45) is 11.3 Å². The Morgan fingerprint density at radius 2 is 1.96 bits per heavy atom. The molecule has 2 N–H and O–H groups in total. The number of nitrogens with one attached hydrogen (secondary N) is 2. The Bertz CT molecular complexity index is 813. The summed E-state index contributed by atoms with van der Waals surface area (Å²) in [7, 11) is 0. The summed E-state index contributed by atoms with van der Waals surface area (Å²) in [6, 6.07) is 3.27. The van der Waals surface area contributed by atoms with Gasteiger partial charge in [-0.25, -0.2) is 9.18 Å². The van der Waals surface area contributed by atoms with Crippen LogP contribution in [0, 0.1) is 17.2 Å². The van der Waals surface area contributed by atoms with Crippen LogP contribution in [0.1, 0.15) is 46.5 Å². The molecule has 6 nitrogen and oxygen atoms in total. The van der Waals surface area contributed by atoms with Crippen LogP contribution < -0.4 is 10.6 Å². The summed E-state index contributed by atoms with van der Waals surface area (Å²) in [6.07, 6.45) is 2.80. The fourth-order valence-electron chi connectivity index (χ4n) is 4.06. The van der Waals surface area contributed by atoms with Gasteiger partial charge in [0, 0.05) is 5.02 Å². The molecule has 3 rings (SSSR count). The minimum atomic E-state index is -0.926. The van der Waals surface area contributed by atoms with Crippen LogP contribution in [-0.2, 0) is 9.59 Å². The van der Waals surface area contributed by atoms with Crippen molar-refractivity contribution in [1.29, 1.82) is 0 Å². The largest absolute Gasteiger partial charge is 0.325 e. The van der Waals surface area contributed by atoms with Gasteiger partial charge in [0.25, 0.3) is 5.91 Å². The Kier molecular flexibility index (Phi) is 5.40. The molecule has 28 heavy (non-hydrogen) atoms. The van der Waals surface area contributed by atoms with E-state index in [1.165, 1.54) is 12.1 Å². The van der Waals surface area contributed by atoms with Crippen LogP contribution in [0.3, 0.4) is 0 Å². The smallest absolute Gasteiger partial charge is 0.323 e. The second-order valence-corrected chi connectivity index (χ2v) is 9.15. The third kappa shape index (κ3) is 3.99. The van der Waals surface area contributed by atoms with Crippen molar-refractivity contribution in [1.82, 2.24) is 10.2 Å². The van der Waals surface area contributed by atoms with Gasteiger partial charge in [0.05, 0.1) is 5.69 Å². The summed E-state index contributed by atoms with van der Waals surface area (Å²) >= 11 is 5.69. The summed E-state index contributed by atoms with van der Waals surface area (Å²) in [4.78, 5) is 38.5. The predicted molar refractivity (Wildman–Crippen MR) is 104 cm³/mol. The molecule has 4 amide bonds. The van der Waals surface area contributed by atoms with Crippen LogP contribution in [0.2, 0.25) is 5.02 Å². The van der Waals surface area contributed by atoms with E-state index in [2.05, 4.69) is 31.4 Å². The van der Waals surface area contributed by atoms with Crippen LogP contribution in [0.5, 0.6) is 0 Å². The zero-order chi connectivity index (χ0) is 20.7. The van der Waals surface area contributed by atoms with Gasteiger partial charge in [-0.1, -0.05) is 32.4 Å². The van der Waals surface area contributed by atoms with Crippen molar-refractivity contribution < 1.29 is 18.8 Å². The standard InChI is InChI=1S/C20H25ClFN3O3/c1-19(2,3)12-6-8-20(9-7-12)17(27)25(18(28)24-20)11-16(26)23-15-5-4-13(21)10-14(15)22/h4-5,10,12H,6-9,11H2,1-3H3,(H,23,26)(H,24,28). The van der Waals surface area contributed by atoms with Gasteiger partial charge in [-0.15, -0.1) is 0 Å². The lowest BCUT2D eigenvalue weighted by atomic mass is 9.67. The normalized spacial score (nSPS) is 25.2. The zero-order valence-corrected chi connectivity index (χ0v) is 17.0. The van der Waals surface area contributed by atoms with Crippen LogP contribution in [0.15, 0.2) is 18.2 Å². The number of carbonyl (C=O) groups excluding carboxylic acids is 3. The molecule has 1 saturated heterocycles. The summed E-state index contributed by atoms with van der Waals surface area (Å²) in [6.45, 7) is 6.07. The Balaban J connectivity index is 1.65. The average molecular weight is 410 g/mol. The van der Waals surface area contributed by atoms with E-state index in [1.807, 2.05) is 0 Å². The third-order valence-electron chi connectivity index (χ3n) is 5.82. The van der Waals surface area contributed by atoms with Gasteiger partial charge in [0.15, 0.2) is 0 Å². The molecule has 0 atom stereocenters. The quantitative estimate of drug-likeness (QED) is 0.742. The number of urea groups is 1. The lowest BCUT2D eigenvalue weighted by Crippen LogP contribution is -2.51. The molecule has 1 saturated carbocycles. The van der Waals surface area contributed by atoms with Crippen LogP contribution in [0.25, 0.3) is 0 Å². The minimum absolute atomic E-state index is 0.0538. The van der Waals surface area contributed by atoms with Gasteiger partial charge in [-0.2, -0.15) is 0 Å². The zero-order valence-electron chi connectivity index (χ0n) is 16.3. The molecule has 0 radical (unpaired) electrons. The summed E-state index contributed by atoms with van der Waals surface area (Å²) < 4.78 is 13.8. The van der Waals surface area contributed by atoms with E-state index in [4.69, 9.17) is 11.6 Å². The Morgan fingerprint density at radius 3 is 2.54 bits per heavy atom. The predicted octanol–water partition coefficient (Wildman–Crippen LogP) is 3.94. The molecule has 8 heteroatoms. The number of nitrogens with zero attached hydrogens (tertiary/aromatic N) is 1. The number of hydrogen-bond donors (Lipinski definition) is 2. The highest BCUT2D eigenvalue weighted by Crippen LogP contribution is 2.43. The molecule has 0 unspecified atom stereocenters. The first kappa shape index (κ1) is 20.6. The Hall–Kier alpha value is -2.15. The number of anilines is 1. The number of hydrogen-bond acceptors (Lipinski definition) is 3. The number of carbonyl (C=O) groups is 3. The van der Waals surface area contributed by atoms with Crippen LogP contribution in [-0.4, -0.2) is 34.8 Å². The van der Waals surface area contributed by atoms with Crippen molar-refractivity contribution in [3.05, 3.63) is 29.0 Å². The minimum Gasteiger partial charge on any atom is -0.323 e. The van der Waals surface area contributed by atoms with Crippen molar-refractivity contribution in [2.75, 3.05) is 11.9 Å². The second kappa shape index (κ2) is 7.35. The van der Waals surface area contributed by atoms with E-state index in [0.717, 1.165) is 23.8 Å². The van der Waals surface area contributed by atoms with E-state index in [9.17, 15) is 18.8 Å². The van der Waals surface area contributed by atoms with Crippen molar-refractivity contribution in [2.45, 2.75) is 52.0 Å². The number of imide groups is 1. The molecule has 2 fully saturated rings. The molecule has 152 valence electrons. The second-order valence-electron chi connectivity index (χ2n) is 8.72. The molecule has 1 aromatic carbocycles. The molecule has 0 aromatic heterocycles. The molecule has 1 spiro atoms. The van der Waals surface area contributed by atoms with E-state index in [0.29, 0.717) is 18.8 Å². The fraction of sp³-hybridized carbons (Fsp3) is 0.550. The fourth-order valence-corrected chi connectivity index (χ4v) is 4.22. The SMILES string of the molecule is CC(C)(C)C1CCC2(CC1)NC(=O)N(CC(=O)Nc1ccc(Cl)cc1F)C2=O. The van der Waals surface area contributed by atoms with Gasteiger partial charge in [-0.05, 0) is 55.2 Å². The third-order valence-corrected chi connectivity index (χ3v) is 6.05. The number of rotatable bonds is 3. The number of halogens is 2. The lowest BCUT2D eigenvalue weighted by molar-refractivity contribution is -0.135. The van der Waals surface area contributed by atoms with E-state index >= 15 is 0 Å². The summed E-state index contributed by atoms with van der Waals surface area (Å²) in [5.41, 5.74) is -0.831. The highest BCUT2D eigenvalue weighted by Gasteiger charge is 2.53. The lowest BCUT2D eigenvalue weighted by Gasteiger charge is -2.40. The number of benzene rings is 1. The molecular formula is C20H25ClFN3O3. The van der Waals surface area contributed by atoms with Gasteiger partial charge in [-0.3, -0.25) is 14.5 Å². The van der Waals surface area contributed by atoms with Crippen LogP contribution in [0.4, 0.5) is 14.9 Å². The van der Waals surface area contributed by atoms with E-state index in [-0.39, 0.29) is 22.0 Å². The molecule has 1 aliphatic carbocycles. The average Bonchev–Trinajstić information content (AvgIpc) is 2.81. The number of amides is 4. The Labute approximate surface area is 168 Å². The highest BCUT2D eigenvalue weighted by atomic mass is 35.5. The molecular weight excluding hydrogens is 385 g/mol. The maximum Gasteiger partial charge on any atom is 0.325 e. The maximum absolute atomic E-state index is 13.8. The van der Waals surface area contributed by atoms with E-state index < -0.39 is 29.8 Å². The molecule has 1 aliphatic heterocycles. The first-order valence-corrected chi connectivity index (χ1v) is 9.79. The van der Waals surface area contributed by atoms with Gasteiger partial charge >= 0.3 is 6.03 Å². The topological polar surface area (TPSA) is 78.5 Å². The summed E-state index contributed by atoms with van der Waals surface area (Å²) in [5, 5.41) is 5.38. The van der Waals surface area contributed by atoms with Gasteiger partial charge < -0.3 is 10.6 Å². The molecule has 1 heterocycles. The van der Waals surface area contributed by atoms with Crippen molar-refractivity contribution in [3.63, 3.8) is 0 Å². The summed E-state index contributed by atoms with van der Waals surface area (Å²) in [5.74, 6) is -1.23. The monoisotopic (exact) mass is 409 g/mol. The van der Waals surface area contributed by atoms with Crippen LogP contribution >= 0.6 is 11.6 Å². The van der Waals surface area contributed by atoms with Gasteiger partial charge in [0.2, 0.25) is 5.91 Å². The molecule has 2 aliphatic rings. The molecule has 0 bridgehead atoms. The van der Waals surface area contributed by atoms with Crippen molar-refractivity contribution >= 4 is 35.1 Å². The Morgan fingerprint density at radius 1 is 1.32 bits per heavy atom.